The molecule has 0 bridgehead atoms. The molecule has 0 aliphatic heterocycles. The fourth-order valence-corrected chi connectivity index (χ4v) is 2.32. The minimum absolute atomic E-state index is 0. The minimum Gasteiger partial charge on any atom is -0.748 e. The molecular formula is C12H26FNaO3S. The number of halogens is 1. The normalized spacial score (nSPS) is 10.6. The van der Waals surface area contributed by atoms with Gasteiger partial charge in [0.25, 0.3) is 0 Å². The van der Waals surface area contributed by atoms with E-state index in [0.29, 0.717) is 6.42 Å². The molecule has 3 nitrogen and oxygen atoms in total. The van der Waals surface area contributed by atoms with E-state index in [4.69, 9.17) is 0 Å². The van der Waals surface area contributed by atoms with Gasteiger partial charge in [0.2, 0.25) is 0 Å². The van der Waals surface area contributed by atoms with E-state index in [0.717, 1.165) is 12.8 Å². The SMILES string of the molecule is CCCCCCCCCCCCS(=O)(=O)[O-].F.[Na+]. The van der Waals surface area contributed by atoms with Crippen molar-refractivity contribution in [3.63, 3.8) is 0 Å². The molecule has 106 valence electrons. The van der Waals surface area contributed by atoms with Gasteiger partial charge in [-0.05, 0) is 6.42 Å². The third-order valence-electron chi connectivity index (χ3n) is 2.75. The summed E-state index contributed by atoms with van der Waals surface area (Å²) >= 11 is 0. The van der Waals surface area contributed by atoms with E-state index in [1.807, 2.05) is 0 Å². The van der Waals surface area contributed by atoms with Crippen molar-refractivity contribution in [1.29, 1.82) is 0 Å². The molecule has 18 heavy (non-hydrogen) atoms. The summed E-state index contributed by atoms with van der Waals surface area (Å²) in [6.45, 7) is 2.21. The fraction of sp³-hybridized carbons (Fsp3) is 1.00. The van der Waals surface area contributed by atoms with Crippen molar-refractivity contribution in [3.8, 4) is 0 Å². The summed E-state index contributed by atoms with van der Waals surface area (Å²) in [6.07, 6.45) is 11.4. The van der Waals surface area contributed by atoms with Crippen LogP contribution < -0.4 is 29.6 Å². The first-order valence-electron chi connectivity index (χ1n) is 6.50. The van der Waals surface area contributed by atoms with E-state index < -0.39 is 10.1 Å². The first kappa shape index (κ1) is 23.9. The molecule has 0 aliphatic rings. The van der Waals surface area contributed by atoms with Gasteiger partial charge in [-0.25, -0.2) is 8.42 Å². The average molecular weight is 292 g/mol. The molecule has 0 heterocycles. The van der Waals surface area contributed by atoms with Crippen molar-refractivity contribution >= 4 is 10.1 Å². The Labute approximate surface area is 134 Å². The Balaban J connectivity index is -0.00000112. The third kappa shape index (κ3) is 22.1. The number of hydrogen-bond donors (Lipinski definition) is 0. The first-order chi connectivity index (χ1) is 7.56. The maximum Gasteiger partial charge on any atom is 1.00 e. The number of unbranched alkanes of at least 4 members (excludes halogenated alkanes) is 9. The van der Waals surface area contributed by atoms with E-state index >= 15 is 0 Å². The molecule has 0 amide bonds. The standard InChI is InChI=1S/C12H26O3S.FH.Na/c1-2-3-4-5-6-7-8-9-10-11-12-16(13,14)15;;/h2-12H2,1H3,(H,13,14,15);1H;/q;;+1/p-1. The van der Waals surface area contributed by atoms with Crippen LogP contribution in [0.15, 0.2) is 0 Å². The van der Waals surface area contributed by atoms with Crippen LogP contribution in [0.25, 0.3) is 0 Å². The summed E-state index contributed by atoms with van der Waals surface area (Å²) in [5, 5.41) is 0. The molecule has 0 aromatic heterocycles. The Morgan fingerprint density at radius 3 is 1.44 bits per heavy atom. The molecule has 0 atom stereocenters. The minimum atomic E-state index is -3.98. The molecule has 0 aromatic rings. The van der Waals surface area contributed by atoms with Gasteiger partial charge in [0.05, 0.1) is 10.1 Å². The molecule has 0 radical (unpaired) electrons. The maximum atomic E-state index is 10.3. The Bertz CT molecular complexity index is 246. The van der Waals surface area contributed by atoms with Gasteiger partial charge in [0, 0.05) is 5.75 Å². The van der Waals surface area contributed by atoms with Crippen LogP contribution in [0.5, 0.6) is 0 Å². The van der Waals surface area contributed by atoms with Crippen LogP contribution in [0.4, 0.5) is 4.70 Å². The molecule has 0 spiro atoms. The van der Waals surface area contributed by atoms with Gasteiger partial charge in [-0.15, -0.1) is 0 Å². The second-order valence-electron chi connectivity index (χ2n) is 4.44. The molecule has 6 heteroatoms. The van der Waals surface area contributed by atoms with Crippen LogP contribution in [0.1, 0.15) is 71.1 Å². The summed E-state index contributed by atoms with van der Waals surface area (Å²) in [5.41, 5.74) is 0. The second kappa shape index (κ2) is 15.9. The van der Waals surface area contributed by atoms with Crippen molar-refractivity contribution in [2.75, 3.05) is 5.75 Å². The molecule has 0 N–H and O–H groups in total. The van der Waals surface area contributed by atoms with Gasteiger partial charge in [-0.2, -0.15) is 0 Å². The largest absolute Gasteiger partial charge is 1.00 e. The van der Waals surface area contributed by atoms with Gasteiger partial charge in [-0.3, -0.25) is 4.70 Å². The summed E-state index contributed by atoms with van der Waals surface area (Å²) in [7, 11) is -3.98. The van der Waals surface area contributed by atoms with Gasteiger partial charge < -0.3 is 4.55 Å². The molecule has 0 rings (SSSR count). The monoisotopic (exact) mass is 292 g/mol. The van der Waals surface area contributed by atoms with Crippen LogP contribution in [0.2, 0.25) is 0 Å². The van der Waals surface area contributed by atoms with Crippen molar-refractivity contribution in [3.05, 3.63) is 0 Å². The quantitative estimate of drug-likeness (QED) is 0.318. The van der Waals surface area contributed by atoms with Crippen molar-refractivity contribution < 1.29 is 47.2 Å². The molecule has 0 aromatic carbocycles. The topological polar surface area (TPSA) is 57.2 Å². The Morgan fingerprint density at radius 1 is 0.778 bits per heavy atom. The molecule has 0 fully saturated rings. The summed E-state index contributed by atoms with van der Waals surface area (Å²) in [4.78, 5) is 0. The van der Waals surface area contributed by atoms with E-state index in [9.17, 15) is 13.0 Å². The summed E-state index contributed by atoms with van der Waals surface area (Å²) < 4.78 is 30.9. The van der Waals surface area contributed by atoms with Crippen molar-refractivity contribution in [1.82, 2.24) is 0 Å². The second-order valence-corrected chi connectivity index (χ2v) is 5.97. The summed E-state index contributed by atoms with van der Waals surface area (Å²) in [6, 6.07) is 0. The zero-order valence-corrected chi connectivity index (χ0v) is 14.6. The number of hydrogen-bond acceptors (Lipinski definition) is 3. The molecule has 0 saturated heterocycles. The van der Waals surface area contributed by atoms with E-state index in [1.165, 1.54) is 44.9 Å². The van der Waals surface area contributed by atoms with Crippen molar-refractivity contribution in [2.24, 2.45) is 0 Å². The van der Waals surface area contributed by atoms with E-state index in [2.05, 4.69) is 6.92 Å². The molecule has 0 unspecified atom stereocenters. The van der Waals surface area contributed by atoms with Crippen LogP contribution >= 0.6 is 0 Å². The van der Waals surface area contributed by atoms with Gasteiger partial charge in [0.1, 0.15) is 0 Å². The first-order valence-corrected chi connectivity index (χ1v) is 8.07. The summed E-state index contributed by atoms with van der Waals surface area (Å²) in [5.74, 6) is -0.191. The van der Waals surface area contributed by atoms with Gasteiger partial charge in [0.15, 0.2) is 0 Å². The molecular weight excluding hydrogens is 266 g/mol. The van der Waals surface area contributed by atoms with Crippen LogP contribution in [-0.4, -0.2) is 18.7 Å². The molecule has 0 saturated carbocycles. The van der Waals surface area contributed by atoms with Crippen molar-refractivity contribution in [2.45, 2.75) is 71.1 Å². The predicted octanol–water partition coefficient (Wildman–Crippen LogP) is 0.609. The Hall–Kier alpha value is 0.840. The van der Waals surface area contributed by atoms with Crippen LogP contribution in [0, 0.1) is 0 Å². The van der Waals surface area contributed by atoms with Gasteiger partial charge in [-0.1, -0.05) is 64.7 Å². The zero-order valence-electron chi connectivity index (χ0n) is 11.8. The zero-order chi connectivity index (χ0) is 12.3. The number of rotatable bonds is 11. The maximum absolute atomic E-state index is 10.3. The molecule has 0 aliphatic carbocycles. The van der Waals surface area contributed by atoms with Crippen LogP contribution in [0.3, 0.4) is 0 Å². The fourth-order valence-electron chi connectivity index (χ4n) is 1.77. The smallest absolute Gasteiger partial charge is 0.748 e. The van der Waals surface area contributed by atoms with E-state index in [-0.39, 0.29) is 40.0 Å². The Kier molecular flexibility index (Phi) is 21.1. The van der Waals surface area contributed by atoms with E-state index in [1.54, 1.807) is 0 Å². The Morgan fingerprint density at radius 2 is 1.11 bits per heavy atom. The van der Waals surface area contributed by atoms with Crippen LogP contribution in [-0.2, 0) is 10.1 Å². The third-order valence-corrected chi connectivity index (χ3v) is 3.54. The van der Waals surface area contributed by atoms with Gasteiger partial charge >= 0.3 is 29.6 Å². The predicted molar refractivity (Wildman–Crippen MR) is 68.9 cm³/mol. The average Bonchev–Trinajstić information content (AvgIpc) is 2.19.